The number of ether oxygens (including phenoxy) is 1. The van der Waals surface area contributed by atoms with E-state index in [4.69, 9.17) is 22.1 Å². The van der Waals surface area contributed by atoms with Gasteiger partial charge in [-0.1, -0.05) is 11.6 Å². The third kappa shape index (κ3) is 3.00. The molecule has 0 unspecified atom stereocenters. The Hall–Kier alpha value is -1.59. The van der Waals surface area contributed by atoms with E-state index in [-0.39, 0.29) is 17.9 Å². The number of rotatable bonds is 3. The molecule has 0 saturated heterocycles. The largest absolute Gasteiger partial charge is 0.456 e. The van der Waals surface area contributed by atoms with Crippen molar-refractivity contribution in [3.05, 3.63) is 50.9 Å². The maximum Gasteiger partial charge on any atom is 0.338 e. The van der Waals surface area contributed by atoms with Crippen LogP contribution in [0, 0.1) is 5.82 Å². The third-order valence-corrected chi connectivity index (χ3v) is 3.42. The Kier molecular flexibility index (Phi) is 3.84. The number of carbonyl (C=O) groups excluding carboxylic acids is 1. The molecule has 2 N–H and O–H groups in total. The standard InChI is InChI=1S/C12H9ClFNO2S/c13-11-4-2-8(18-11)6-17-12(16)7-1-3-10(15)9(14)5-7/h1-5H,6,15H2. The van der Waals surface area contributed by atoms with Gasteiger partial charge in [-0.15, -0.1) is 11.3 Å². The molecule has 94 valence electrons. The molecular formula is C12H9ClFNO2S. The summed E-state index contributed by atoms with van der Waals surface area (Å²) in [4.78, 5) is 12.5. The summed E-state index contributed by atoms with van der Waals surface area (Å²) in [5, 5.41) is 0. The van der Waals surface area contributed by atoms with Crippen LogP contribution in [0.2, 0.25) is 4.34 Å². The molecule has 18 heavy (non-hydrogen) atoms. The lowest BCUT2D eigenvalue weighted by Crippen LogP contribution is -2.05. The van der Waals surface area contributed by atoms with Crippen molar-refractivity contribution in [1.82, 2.24) is 0 Å². The Balaban J connectivity index is 2.01. The summed E-state index contributed by atoms with van der Waals surface area (Å²) >= 11 is 7.07. The van der Waals surface area contributed by atoms with E-state index in [1.807, 2.05) is 0 Å². The number of hydrogen-bond donors (Lipinski definition) is 1. The van der Waals surface area contributed by atoms with Crippen LogP contribution in [0.25, 0.3) is 0 Å². The van der Waals surface area contributed by atoms with Crippen molar-refractivity contribution in [1.29, 1.82) is 0 Å². The van der Waals surface area contributed by atoms with Crippen molar-refractivity contribution in [2.75, 3.05) is 5.73 Å². The Labute approximate surface area is 112 Å². The molecule has 1 aromatic heterocycles. The average molecular weight is 286 g/mol. The molecule has 6 heteroatoms. The fourth-order valence-electron chi connectivity index (χ4n) is 1.30. The molecule has 3 nitrogen and oxygen atoms in total. The summed E-state index contributed by atoms with van der Waals surface area (Å²) < 4.78 is 18.8. The van der Waals surface area contributed by atoms with E-state index in [1.165, 1.54) is 23.5 Å². The molecule has 0 radical (unpaired) electrons. The number of esters is 1. The first kappa shape index (κ1) is 12.9. The lowest BCUT2D eigenvalue weighted by atomic mass is 10.2. The minimum absolute atomic E-state index is 0.00316. The number of thiophene rings is 1. The van der Waals surface area contributed by atoms with Crippen molar-refractivity contribution in [3.8, 4) is 0 Å². The van der Waals surface area contributed by atoms with E-state index in [9.17, 15) is 9.18 Å². The van der Waals surface area contributed by atoms with Crippen molar-refractivity contribution in [2.24, 2.45) is 0 Å². The third-order valence-electron chi connectivity index (χ3n) is 2.21. The van der Waals surface area contributed by atoms with Crippen molar-refractivity contribution < 1.29 is 13.9 Å². The number of benzene rings is 1. The lowest BCUT2D eigenvalue weighted by Gasteiger charge is -2.04. The highest BCUT2D eigenvalue weighted by Gasteiger charge is 2.10. The number of carbonyl (C=O) groups is 1. The van der Waals surface area contributed by atoms with Crippen LogP contribution in [0.15, 0.2) is 30.3 Å². The topological polar surface area (TPSA) is 52.3 Å². The van der Waals surface area contributed by atoms with Crippen LogP contribution in [0.4, 0.5) is 10.1 Å². The Morgan fingerprint density at radius 3 is 2.78 bits per heavy atom. The first-order chi connectivity index (χ1) is 8.56. The van der Waals surface area contributed by atoms with Gasteiger partial charge in [0.25, 0.3) is 0 Å². The number of halogens is 2. The molecule has 0 amide bonds. The summed E-state index contributed by atoms with van der Waals surface area (Å²) in [6.45, 7) is 0.113. The Bertz CT molecular complexity index is 585. The summed E-state index contributed by atoms with van der Waals surface area (Å²) in [5.74, 6) is -1.23. The molecule has 0 aliphatic rings. The van der Waals surface area contributed by atoms with E-state index >= 15 is 0 Å². The number of nitrogens with two attached hydrogens (primary N) is 1. The second-order valence-electron chi connectivity index (χ2n) is 3.52. The SMILES string of the molecule is Nc1ccc(C(=O)OCc2ccc(Cl)s2)cc1F. The summed E-state index contributed by atoms with van der Waals surface area (Å²) in [7, 11) is 0. The summed E-state index contributed by atoms with van der Waals surface area (Å²) in [6.07, 6.45) is 0. The molecule has 1 heterocycles. The predicted octanol–water partition coefficient (Wildman–Crippen LogP) is 3.48. The van der Waals surface area contributed by atoms with Crippen molar-refractivity contribution >= 4 is 34.6 Å². The first-order valence-corrected chi connectivity index (χ1v) is 6.22. The average Bonchev–Trinajstić information content (AvgIpc) is 2.75. The number of nitrogen functional groups attached to an aromatic ring is 1. The molecule has 0 spiro atoms. The molecule has 0 aliphatic heterocycles. The molecule has 0 fully saturated rings. The molecule has 0 atom stereocenters. The predicted molar refractivity (Wildman–Crippen MR) is 69.3 cm³/mol. The van der Waals surface area contributed by atoms with Gasteiger partial charge in [0.2, 0.25) is 0 Å². The molecule has 0 saturated carbocycles. The molecule has 1 aromatic carbocycles. The van der Waals surface area contributed by atoms with Gasteiger partial charge in [0.05, 0.1) is 15.6 Å². The second kappa shape index (κ2) is 5.37. The smallest absolute Gasteiger partial charge is 0.338 e. The minimum atomic E-state index is -0.636. The molecule has 2 rings (SSSR count). The highest BCUT2D eigenvalue weighted by molar-refractivity contribution is 7.16. The zero-order valence-corrected chi connectivity index (χ0v) is 10.7. The minimum Gasteiger partial charge on any atom is -0.456 e. The maximum absolute atomic E-state index is 13.2. The van der Waals surface area contributed by atoms with Crippen LogP contribution < -0.4 is 5.73 Å². The van der Waals surface area contributed by atoms with Crippen molar-refractivity contribution in [2.45, 2.75) is 6.61 Å². The van der Waals surface area contributed by atoms with Crippen LogP contribution in [0.1, 0.15) is 15.2 Å². The molecule has 0 bridgehead atoms. The molecule has 2 aromatic rings. The first-order valence-electron chi connectivity index (χ1n) is 5.02. The summed E-state index contributed by atoms with van der Waals surface area (Å²) in [6, 6.07) is 7.29. The van der Waals surface area contributed by atoms with Gasteiger partial charge in [-0.2, -0.15) is 0 Å². The number of hydrogen-bond acceptors (Lipinski definition) is 4. The van der Waals surface area contributed by atoms with Gasteiger partial charge >= 0.3 is 5.97 Å². The summed E-state index contributed by atoms with van der Waals surface area (Å²) in [5.41, 5.74) is 5.44. The Morgan fingerprint density at radius 2 is 2.17 bits per heavy atom. The van der Waals surface area contributed by atoms with Crippen LogP contribution >= 0.6 is 22.9 Å². The van der Waals surface area contributed by atoms with Gasteiger partial charge in [0, 0.05) is 4.88 Å². The highest BCUT2D eigenvalue weighted by atomic mass is 35.5. The van der Waals surface area contributed by atoms with Crippen LogP contribution in [-0.2, 0) is 11.3 Å². The zero-order valence-electron chi connectivity index (χ0n) is 9.15. The van der Waals surface area contributed by atoms with E-state index in [1.54, 1.807) is 12.1 Å². The van der Waals surface area contributed by atoms with E-state index in [0.29, 0.717) is 4.34 Å². The highest BCUT2D eigenvalue weighted by Crippen LogP contribution is 2.22. The van der Waals surface area contributed by atoms with Gasteiger partial charge < -0.3 is 10.5 Å². The Morgan fingerprint density at radius 1 is 1.39 bits per heavy atom. The zero-order chi connectivity index (χ0) is 13.1. The van der Waals surface area contributed by atoms with Crippen LogP contribution in [0.5, 0.6) is 0 Å². The fraction of sp³-hybridized carbons (Fsp3) is 0.0833. The number of anilines is 1. The van der Waals surface area contributed by atoms with Gasteiger partial charge in [-0.25, -0.2) is 9.18 Å². The lowest BCUT2D eigenvalue weighted by molar-refractivity contribution is 0.0476. The van der Waals surface area contributed by atoms with Crippen LogP contribution in [0.3, 0.4) is 0 Å². The second-order valence-corrected chi connectivity index (χ2v) is 5.32. The molecule has 0 aliphatic carbocycles. The quantitative estimate of drug-likeness (QED) is 0.694. The normalized spacial score (nSPS) is 10.3. The van der Waals surface area contributed by atoms with Gasteiger partial charge in [-0.05, 0) is 30.3 Å². The van der Waals surface area contributed by atoms with Crippen molar-refractivity contribution in [3.63, 3.8) is 0 Å². The van der Waals surface area contributed by atoms with E-state index in [2.05, 4.69) is 0 Å². The maximum atomic E-state index is 13.2. The van der Waals surface area contributed by atoms with E-state index in [0.717, 1.165) is 10.9 Å². The van der Waals surface area contributed by atoms with E-state index < -0.39 is 11.8 Å². The molecular weight excluding hydrogens is 277 g/mol. The monoisotopic (exact) mass is 285 g/mol. The fourth-order valence-corrected chi connectivity index (χ4v) is 2.30. The van der Waals surface area contributed by atoms with Gasteiger partial charge in [0.15, 0.2) is 0 Å². The van der Waals surface area contributed by atoms with Gasteiger partial charge in [-0.3, -0.25) is 0 Å². The van der Waals surface area contributed by atoms with Gasteiger partial charge in [0.1, 0.15) is 12.4 Å². The van der Waals surface area contributed by atoms with Crippen LogP contribution in [-0.4, -0.2) is 5.97 Å².